The van der Waals surface area contributed by atoms with Crippen molar-refractivity contribution in [2.45, 2.75) is 87.5 Å². The summed E-state index contributed by atoms with van der Waals surface area (Å²) in [7, 11) is 6.38. The number of carbonyl (C=O) groups excluding carboxylic acids is 3. The first-order chi connectivity index (χ1) is 28.9. The van der Waals surface area contributed by atoms with Gasteiger partial charge >= 0.3 is 18.0 Å². The van der Waals surface area contributed by atoms with Gasteiger partial charge in [-0.2, -0.15) is 0 Å². The molecule has 1 aromatic heterocycles. The number of amides is 1. The lowest BCUT2D eigenvalue weighted by Gasteiger charge is -2.64. The van der Waals surface area contributed by atoms with Crippen molar-refractivity contribution in [3.05, 3.63) is 82.6 Å². The minimum Gasteiger partial charge on any atom is -0.496 e. The molecule has 1 spiro atoms. The number of benzene rings is 2. The van der Waals surface area contributed by atoms with E-state index in [9.17, 15) is 14.7 Å². The first-order valence-corrected chi connectivity index (χ1v) is 21.6. The second-order valence-corrected chi connectivity index (χ2v) is 18.0. The highest BCUT2D eigenvalue weighted by molar-refractivity contribution is 5.94. The lowest BCUT2D eigenvalue weighted by Crippen LogP contribution is -2.81. The normalized spacial score (nSPS) is 33.9. The van der Waals surface area contributed by atoms with E-state index in [0.29, 0.717) is 37.1 Å². The number of nitrogens with one attached hydrogen (secondary N) is 2. The summed E-state index contributed by atoms with van der Waals surface area (Å²) in [6.07, 6.45) is 8.26. The molecular weight excluding hydrogens is 763 g/mol. The van der Waals surface area contributed by atoms with E-state index < -0.39 is 46.1 Å². The monoisotopic (exact) mass is 821 g/mol. The Morgan fingerprint density at radius 3 is 2.55 bits per heavy atom. The number of aromatic nitrogens is 1. The molecule has 6 heterocycles. The number of para-hydroxylation sites is 1. The van der Waals surface area contributed by atoms with Gasteiger partial charge in [-0.05, 0) is 67.8 Å². The topological polar surface area (TPSA) is 146 Å². The average molecular weight is 822 g/mol. The predicted molar refractivity (Wildman–Crippen MR) is 227 cm³/mol. The molecule has 1 amide bonds. The molecule has 13 heteroatoms. The summed E-state index contributed by atoms with van der Waals surface area (Å²) in [6, 6.07) is 11.6. The minimum absolute atomic E-state index is 0.0311. The first-order valence-electron chi connectivity index (χ1n) is 21.6. The molecular formula is C47H59N5O8. The molecule has 320 valence electrons. The minimum atomic E-state index is -1.80. The quantitative estimate of drug-likeness (QED) is 0.161. The number of anilines is 1. The number of hydrogen-bond acceptors (Lipinski definition) is 11. The molecule has 1 aliphatic carbocycles. The standard InChI is InChI=1S/C47H59N5O8/c1-8-29-21-30-24-46(42(54)58-6,38-32(15-19-51(25-29)26-30)31-13-10-11-14-35(31)49-38)34-22-33-36(23-37(34)57-5)50(4)40-45(33)17-20-52-18-12-16-44(9-2,39(45)52)41(60-28(3)53)47(40,56)27-48-43(55)59-7/h10-14,16,21-23,30,39-41,49,56H,8-9,15,17-20,24-27H2,1-7H3,(H,48,55)/t30-,39-,40+,41+,44+,45+,46-,47-/m0/s1. The highest BCUT2D eigenvalue weighted by Crippen LogP contribution is 2.68. The SMILES string of the molecule is CCC1=C[C@@H]2CN(CCc3c([nH]c4ccccc34)[C@@](C(=O)OC)(c3cc4c(cc3OC)N(C)[C@H]3[C@@](O)(CNC(=O)OC)[C@H](OC(C)=O)[C@]5(CC)C=CCN6CC[C@]43[C@@H]65)C2)C1. The largest absolute Gasteiger partial charge is 0.496 e. The number of likely N-dealkylation sites (N-methyl/N-ethyl adjacent to an activating group) is 1. The molecule has 0 radical (unpaired) electrons. The Labute approximate surface area is 352 Å². The molecule has 2 bridgehead atoms. The maximum atomic E-state index is 15.3. The molecule has 9 atom stereocenters. The van der Waals surface area contributed by atoms with Crippen LogP contribution in [0, 0.1) is 11.3 Å². The summed E-state index contributed by atoms with van der Waals surface area (Å²) in [6.45, 7) is 9.41. The van der Waals surface area contributed by atoms with Gasteiger partial charge in [-0.3, -0.25) is 19.4 Å². The summed E-state index contributed by atoms with van der Waals surface area (Å²) >= 11 is 0. The van der Waals surface area contributed by atoms with Crippen LogP contribution in [0.1, 0.15) is 68.8 Å². The zero-order chi connectivity index (χ0) is 42.4. The van der Waals surface area contributed by atoms with Crippen LogP contribution in [0.4, 0.5) is 10.5 Å². The Bertz CT molecular complexity index is 2300. The fourth-order valence-corrected chi connectivity index (χ4v) is 13.3. The van der Waals surface area contributed by atoms with Crippen molar-refractivity contribution in [3.8, 4) is 5.75 Å². The summed E-state index contributed by atoms with van der Waals surface area (Å²) in [5.41, 5.74) is 2.05. The molecule has 2 aromatic carbocycles. The number of H-pyrrole nitrogens is 1. The lowest BCUT2D eigenvalue weighted by molar-refractivity contribution is -0.217. The molecule has 2 fully saturated rings. The summed E-state index contributed by atoms with van der Waals surface area (Å²) < 4.78 is 23.8. The molecule has 1 unspecified atom stereocenters. The summed E-state index contributed by atoms with van der Waals surface area (Å²) in [4.78, 5) is 52.2. The van der Waals surface area contributed by atoms with Crippen LogP contribution in [0.15, 0.2) is 60.2 Å². The third-order valence-electron chi connectivity index (χ3n) is 15.4. The van der Waals surface area contributed by atoms with Crippen LogP contribution >= 0.6 is 0 Å². The second-order valence-electron chi connectivity index (χ2n) is 18.0. The number of aromatic amines is 1. The molecule has 1 saturated heterocycles. The van der Waals surface area contributed by atoms with Crippen LogP contribution < -0.4 is 15.0 Å². The number of carbonyl (C=O) groups is 3. The smallest absolute Gasteiger partial charge is 0.406 e. The molecule has 60 heavy (non-hydrogen) atoms. The zero-order valence-electron chi connectivity index (χ0n) is 35.9. The number of ether oxygens (including phenoxy) is 4. The fraction of sp³-hybridized carbons (Fsp3) is 0.553. The average Bonchev–Trinajstić information content (AvgIpc) is 3.92. The Hall–Kier alpha value is -4.85. The Morgan fingerprint density at radius 1 is 1.03 bits per heavy atom. The van der Waals surface area contributed by atoms with Gasteiger partial charge in [-0.1, -0.05) is 55.8 Å². The van der Waals surface area contributed by atoms with Crippen molar-refractivity contribution in [1.29, 1.82) is 0 Å². The predicted octanol–water partition coefficient (Wildman–Crippen LogP) is 4.98. The number of esters is 2. The molecule has 5 aliphatic heterocycles. The third kappa shape index (κ3) is 5.50. The van der Waals surface area contributed by atoms with Crippen LogP contribution in [0.2, 0.25) is 0 Å². The van der Waals surface area contributed by atoms with Crippen molar-refractivity contribution in [1.82, 2.24) is 20.1 Å². The summed E-state index contributed by atoms with van der Waals surface area (Å²) in [5, 5.41) is 17.5. The maximum Gasteiger partial charge on any atom is 0.406 e. The maximum absolute atomic E-state index is 15.3. The van der Waals surface area contributed by atoms with Gasteiger partial charge in [0.15, 0.2) is 0 Å². The molecule has 6 aliphatic rings. The van der Waals surface area contributed by atoms with E-state index in [1.54, 1.807) is 7.11 Å². The van der Waals surface area contributed by atoms with E-state index in [1.807, 2.05) is 19.2 Å². The van der Waals surface area contributed by atoms with Crippen molar-refractivity contribution >= 4 is 34.6 Å². The molecule has 3 aromatic rings. The van der Waals surface area contributed by atoms with Crippen molar-refractivity contribution in [2.24, 2.45) is 11.3 Å². The zero-order valence-corrected chi connectivity index (χ0v) is 35.9. The number of hydrogen-bond donors (Lipinski definition) is 3. The summed E-state index contributed by atoms with van der Waals surface area (Å²) in [5.74, 6) is -0.319. The highest BCUT2D eigenvalue weighted by Gasteiger charge is 2.78. The van der Waals surface area contributed by atoms with E-state index in [-0.39, 0.29) is 24.5 Å². The van der Waals surface area contributed by atoms with Gasteiger partial charge in [0.25, 0.3) is 0 Å². The van der Waals surface area contributed by atoms with Gasteiger partial charge in [0.2, 0.25) is 0 Å². The number of fused-ring (bicyclic) bond motifs is 6. The first kappa shape index (κ1) is 40.6. The third-order valence-corrected chi connectivity index (χ3v) is 15.4. The molecule has 1 saturated carbocycles. The Balaban J connectivity index is 1.35. The van der Waals surface area contributed by atoms with E-state index in [4.69, 9.17) is 18.9 Å². The van der Waals surface area contributed by atoms with Crippen LogP contribution in [0.3, 0.4) is 0 Å². The van der Waals surface area contributed by atoms with Crippen molar-refractivity contribution in [3.63, 3.8) is 0 Å². The lowest BCUT2D eigenvalue weighted by atomic mass is 9.47. The van der Waals surface area contributed by atoms with Gasteiger partial charge in [-0.15, -0.1) is 0 Å². The van der Waals surface area contributed by atoms with Gasteiger partial charge in [0.1, 0.15) is 22.9 Å². The van der Waals surface area contributed by atoms with Gasteiger partial charge in [0, 0.05) is 90.9 Å². The second kappa shape index (κ2) is 14.7. The fourth-order valence-electron chi connectivity index (χ4n) is 13.3. The number of nitrogens with zero attached hydrogens (tertiary/aromatic N) is 3. The van der Waals surface area contributed by atoms with E-state index in [2.05, 4.69) is 81.3 Å². The van der Waals surface area contributed by atoms with Gasteiger partial charge in [0.05, 0.1) is 33.9 Å². The van der Waals surface area contributed by atoms with Gasteiger partial charge in [-0.25, -0.2) is 4.79 Å². The van der Waals surface area contributed by atoms with Crippen LogP contribution in [-0.4, -0.2) is 129 Å². The van der Waals surface area contributed by atoms with Crippen molar-refractivity contribution < 1.29 is 38.4 Å². The Morgan fingerprint density at radius 2 is 1.83 bits per heavy atom. The van der Waals surface area contributed by atoms with E-state index in [1.165, 1.54) is 26.7 Å². The number of methoxy groups -OCH3 is 3. The van der Waals surface area contributed by atoms with E-state index in [0.717, 1.165) is 72.4 Å². The molecule has 9 rings (SSSR count). The molecule has 13 nitrogen and oxygen atoms in total. The van der Waals surface area contributed by atoms with Crippen LogP contribution in [0.25, 0.3) is 10.9 Å². The number of alkyl carbamates (subject to hydrolysis) is 1. The van der Waals surface area contributed by atoms with Gasteiger partial charge < -0.3 is 39.3 Å². The number of aliphatic hydroxyl groups is 1. The van der Waals surface area contributed by atoms with E-state index >= 15 is 4.79 Å². The molecule has 3 N–H and O–H groups in total. The number of rotatable bonds is 8. The van der Waals surface area contributed by atoms with Crippen LogP contribution in [0.5, 0.6) is 5.75 Å². The Kier molecular flexibility index (Phi) is 9.91. The van der Waals surface area contributed by atoms with Crippen molar-refractivity contribution in [2.75, 3.05) is 72.5 Å². The highest BCUT2D eigenvalue weighted by atomic mass is 16.6. The van der Waals surface area contributed by atoms with Crippen LogP contribution in [-0.2, 0) is 41.1 Å².